The number of hydrogen-bond donors (Lipinski definition) is 2. The summed E-state index contributed by atoms with van der Waals surface area (Å²) in [5, 5.41) is 3.34. The second kappa shape index (κ2) is 5.02. The second-order valence-corrected chi connectivity index (χ2v) is 5.32. The number of pyridine rings is 1. The van der Waals surface area contributed by atoms with Crippen LogP contribution < -0.4 is 11.1 Å². The van der Waals surface area contributed by atoms with Crippen LogP contribution in [0.4, 0.5) is 5.82 Å². The molecule has 1 aliphatic carbocycles. The molecule has 2 atom stereocenters. The zero-order chi connectivity index (χ0) is 13.2. The molecule has 1 aromatic carbocycles. The fourth-order valence-corrected chi connectivity index (χ4v) is 2.23. The van der Waals surface area contributed by atoms with Gasteiger partial charge < -0.3 is 11.1 Å². The van der Waals surface area contributed by atoms with Gasteiger partial charge >= 0.3 is 0 Å². The van der Waals surface area contributed by atoms with Gasteiger partial charge in [-0.05, 0) is 30.5 Å². The van der Waals surface area contributed by atoms with Crippen LogP contribution in [0.5, 0.6) is 0 Å². The molecule has 3 heteroatoms. The summed E-state index contributed by atoms with van der Waals surface area (Å²) in [7, 11) is 0. The first kappa shape index (κ1) is 12.2. The Labute approximate surface area is 113 Å². The Bertz CT molecular complexity index is 545. The Morgan fingerprint density at radius 2 is 1.95 bits per heavy atom. The summed E-state index contributed by atoms with van der Waals surface area (Å²) in [5.74, 6) is 1.44. The second-order valence-electron chi connectivity index (χ2n) is 5.32. The first-order valence-corrected chi connectivity index (χ1v) is 6.73. The van der Waals surface area contributed by atoms with Crippen molar-refractivity contribution < 1.29 is 0 Å². The van der Waals surface area contributed by atoms with Crippen LogP contribution in [0.25, 0.3) is 0 Å². The molecule has 0 saturated heterocycles. The van der Waals surface area contributed by atoms with Crippen LogP contribution in [0, 0.1) is 6.92 Å². The van der Waals surface area contributed by atoms with Crippen molar-refractivity contribution in [1.29, 1.82) is 0 Å². The molecule has 19 heavy (non-hydrogen) atoms. The number of benzene rings is 1. The van der Waals surface area contributed by atoms with E-state index in [-0.39, 0.29) is 0 Å². The predicted octanol–water partition coefficient (Wildman–Crippen LogP) is 2.82. The first-order chi connectivity index (χ1) is 9.22. The topological polar surface area (TPSA) is 50.9 Å². The van der Waals surface area contributed by atoms with Gasteiger partial charge in [0.1, 0.15) is 5.82 Å². The molecule has 0 bridgehead atoms. The third-order valence-corrected chi connectivity index (χ3v) is 3.65. The van der Waals surface area contributed by atoms with E-state index in [2.05, 4.69) is 47.6 Å². The third kappa shape index (κ3) is 2.93. The minimum absolute atomic E-state index is 0.341. The van der Waals surface area contributed by atoms with Crippen LogP contribution in [-0.4, -0.2) is 11.0 Å². The van der Waals surface area contributed by atoms with Crippen LogP contribution >= 0.6 is 0 Å². The van der Waals surface area contributed by atoms with Crippen molar-refractivity contribution in [2.45, 2.75) is 31.8 Å². The van der Waals surface area contributed by atoms with Gasteiger partial charge in [0, 0.05) is 24.7 Å². The maximum Gasteiger partial charge on any atom is 0.126 e. The van der Waals surface area contributed by atoms with Crippen molar-refractivity contribution in [3.8, 4) is 0 Å². The minimum Gasteiger partial charge on any atom is -0.366 e. The lowest BCUT2D eigenvalue weighted by molar-refractivity contribution is 0.978. The highest BCUT2D eigenvalue weighted by atomic mass is 15.0. The van der Waals surface area contributed by atoms with Crippen molar-refractivity contribution in [2.24, 2.45) is 5.73 Å². The predicted molar refractivity (Wildman–Crippen MR) is 78.1 cm³/mol. The highest BCUT2D eigenvalue weighted by molar-refractivity contribution is 5.39. The molecule has 3 rings (SSSR count). The summed E-state index contributed by atoms with van der Waals surface area (Å²) in [6, 6.07) is 13.0. The van der Waals surface area contributed by atoms with E-state index in [9.17, 15) is 0 Å². The minimum atomic E-state index is 0.341. The molecule has 1 fully saturated rings. The number of nitrogens with two attached hydrogens (primary N) is 1. The summed E-state index contributed by atoms with van der Waals surface area (Å²) in [6.07, 6.45) is 3.03. The van der Waals surface area contributed by atoms with Crippen LogP contribution in [-0.2, 0) is 6.54 Å². The van der Waals surface area contributed by atoms with Gasteiger partial charge in [-0.3, -0.25) is 0 Å². The molecule has 0 spiro atoms. The van der Waals surface area contributed by atoms with Gasteiger partial charge in [-0.2, -0.15) is 0 Å². The van der Waals surface area contributed by atoms with E-state index in [1.165, 1.54) is 16.7 Å². The Hall–Kier alpha value is -1.87. The van der Waals surface area contributed by atoms with Crippen molar-refractivity contribution in [2.75, 3.05) is 5.32 Å². The van der Waals surface area contributed by atoms with Gasteiger partial charge in [-0.25, -0.2) is 4.98 Å². The zero-order valence-electron chi connectivity index (χ0n) is 11.1. The van der Waals surface area contributed by atoms with Crippen LogP contribution in [0.3, 0.4) is 0 Å². The molecular weight excluding hydrogens is 234 g/mol. The van der Waals surface area contributed by atoms with Crippen molar-refractivity contribution in [1.82, 2.24) is 4.98 Å². The molecular formula is C16H19N3. The number of nitrogens with one attached hydrogen (secondary N) is 1. The molecule has 1 aromatic heterocycles. The number of anilines is 1. The monoisotopic (exact) mass is 253 g/mol. The number of nitrogens with zero attached hydrogens (tertiary/aromatic N) is 1. The smallest absolute Gasteiger partial charge is 0.126 e. The average Bonchev–Trinajstić information content (AvgIpc) is 3.16. The molecule has 3 nitrogen and oxygen atoms in total. The van der Waals surface area contributed by atoms with Gasteiger partial charge in [-0.15, -0.1) is 0 Å². The van der Waals surface area contributed by atoms with E-state index in [1.54, 1.807) is 0 Å². The Balaban J connectivity index is 1.59. The standard InChI is InChI=1S/C16H19N3/c1-11-2-4-12(5-3-11)9-18-16-7-6-13(10-19-16)14-8-15(14)17/h2-7,10,14-15H,8-9,17H2,1H3,(H,18,19)/t14-,15+/m0/s1. The van der Waals surface area contributed by atoms with Gasteiger partial charge in [-0.1, -0.05) is 35.9 Å². The third-order valence-electron chi connectivity index (χ3n) is 3.65. The van der Waals surface area contributed by atoms with E-state index in [4.69, 9.17) is 5.73 Å². The number of rotatable bonds is 4. The molecule has 1 saturated carbocycles. The fourth-order valence-electron chi connectivity index (χ4n) is 2.23. The Kier molecular flexibility index (Phi) is 3.22. The van der Waals surface area contributed by atoms with E-state index in [0.29, 0.717) is 12.0 Å². The van der Waals surface area contributed by atoms with E-state index < -0.39 is 0 Å². The summed E-state index contributed by atoms with van der Waals surface area (Å²) >= 11 is 0. The lowest BCUT2D eigenvalue weighted by Gasteiger charge is -2.07. The van der Waals surface area contributed by atoms with E-state index in [1.807, 2.05) is 12.3 Å². The summed E-state index contributed by atoms with van der Waals surface area (Å²) in [6.45, 7) is 2.90. The molecule has 98 valence electrons. The van der Waals surface area contributed by atoms with Gasteiger partial charge in [0.15, 0.2) is 0 Å². The summed E-state index contributed by atoms with van der Waals surface area (Å²) < 4.78 is 0. The number of aryl methyl sites for hydroxylation is 1. The van der Waals surface area contributed by atoms with Crippen LogP contribution in [0.15, 0.2) is 42.6 Å². The normalized spacial score (nSPS) is 21.2. The maximum absolute atomic E-state index is 5.84. The average molecular weight is 253 g/mol. The largest absolute Gasteiger partial charge is 0.366 e. The Morgan fingerprint density at radius 1 is 1.21 bits per heavy atom. The SMILES string of the molecule is Cc1ccc(CNc2ccc([C@@H]3C[C@H]3N)cn2)cc1. The molecule has 0 unspecified atom stereocenters. The first-order valence-electron chi connectivity index (χ1n) is 6.73. The van der Waals surface area contributed by atoms with Crippen molar-refractivity contribution >= 4 is 5.82 Å². The lowest BCUT2D eigenvalue weighted by atomic mass is 10.1. The van der Waals surface area contributed by atoms with Gasteiger partial charge in [0.05, 0.1) is 0 Å². The molecule has 3 N–H and O–H groups in total. The molecule has 0 radical (unpaired) electrons. The molecule has 0 aliphatic heterocycles. The lowest BCUT2D eigenvalue weighted by Crippen LogP contribution is -2.03. The van der Waals surface area contributed by atoms with Crippen LogP contribution in [0.2, 0.25) is 0 Å². The number of hydrogen-bond acceptors (Lipinski definition) is 3. The van der Waals surface area contributed by atoms with E-state index >= 15 is 0 Å². The highest BCUT2D eigenvalue weighted by Crippen LogP contribution is 2.38. The van der Waals surface area contributed by atoms with Crippen molar-refractivity contribution in [3.63, 3.8) is 0 Å². The van der Waals surface area contributed by atoms with E-state index in [0.717, 1.165) is 18.8 Å². The van der Waals surface area contributed by atoms with Crippen LogP contribution in [0.1, 0.15) is 29.0 Å². The fraction of sp³-hybridized carbons (Fsp3) is 0.312. The zero-order valence-corrected chi connectivity index (χ0v) is 11.1. The number of aromatic nitrogens is 1. The summed E-state index contributed by atoms with van der Waals surface area (Å²) in [5.41, 5.74) is 9.65. The highest BCUT2D eigenvalue weighted by Gasteiger charge is 2.34. The molecule has 1 heterocycles. The van der Waals surface area contributed by atoms with Crippen molar-refractivity contribution in [3.05, 3.63) is 59.3 Å². The Morgan fingerprint density at radius 3 is 2.53 bits per heavy atom. The quantitative estimate of drug-likeness (QED) is 0.881. The molecule has 1 aliphatic rings. The maximum atomic E-state index is 5.84. The van der Waals surface area contributed by atoms with Gasteiger partial charge in [0.25, 0.3) is 0 Å². The molecule has 2 aromatic rings. The summed E-state index contributed by atoms with van der Waals surface area (Å²) in [4.78, 5) is 4.44. The van der Waals surface area contributed by atoms with Gasteiger partial charge in [0.2, 0.25) is 0 Å². The molecule has 0 amide bonds.